The summed E-state index contributed by atoms with van der Waals surface area (Å²) in [5, 5.41) is 11.2. The molecule has 1 aliphatic rings. The molecule has 1 aromatic carbocycles. The summed E-state index contributed by atoms with van der Waals surface area (Å²) in [6.45, 7) is 1.69. The number of amides is 1. The molecule has 2 aromatic rings. The maximum Gasteiger partial charge on any atom is 0.421 e. The third-order valence-electron chi connectivity index (χ3n) is 5.26. The number of hydrogen-bond acceptors (Lipinski definition) is 4. The average molecular weight is 480 g/mol. The van der Waals surface area contributed by atoms with Crippen LogP contribution in [0.15, 0.2) is 60.7 Å². The highest BCUT2D eigenvalue weighted by Gasteiger charge is 2.55. The molecule has 0 bridgehead atoms. The molecule has 0 radical (unpaired) electrons. The third-order valence-corrected chi connectivity index (χ3v) is 6.44. The van der Waals surface area contributed by atoms with E-state index in [0.717, 1.165) is 23.0 Å². The first-order chi connectivity index (χ1) is 15.6. The lowest BCUT2D eigenvalue weighted by atomic mass is 9.88. The normalized spacial score (nSPS) is 19.1. The van der Waals surface area contributed by atoms with Crippen LogP contribution in [0.5, 0.6) is 0 Å². The summed E-state index contributed by atoms with van der Waals surface area (Å²) in [6.07, 6.45) is -1.75. The number of aliphatic carboxylic acids is 1. The van der Waals surface area contributed by atoms with Crippen molar-refractivity contribution in [3.05, 3.63) is 76.0 Å². The molecular formula is C24H24F3NO4S. The van der Waals surface area contributed by atoms with Gasteiger partial charge in [-0.2, -0.15) is 13.2 Å². The number of rotatable bonds is 9. The number of allylic oxidation sites excluding steroid dienone is 2. The van der Waals surface area contributed by atoms with E-state index in [0.29, 0.717) is 10.5 Å². The molecule has 0 spiro atoms. The van der Waals surface area contributed by atoms with E-state index in [1.54, 1.807) is 13.0 Å². The zero-order valence-corrected chi connectivity index (χ0v) is 18.7. The Bertz CT molecular complexity index is 1050. The number of alkyl halides is 3. The Morgan fingerprint density at radius 1 is 1.21 bits per heavy atom. The molecule has 1 heterocycles. The molecule has 3 rings (SSSR count). The lowest BCUT2D eigenvalue weighted by Crippen LogP contribution is -2.47. The van der Waals surface area contributed by atoms with Crippen molar-refractivity contribution in [2.75, 3.05) is 6.54 Å². The molecule has 0 fully saturated rings. The van der Waals surface area contributed by atoms with Crippen LogP contribution in [-0.4, -0.2) is 35.3 Å². The minimum absolute atomic E-state index is 0.0346. The van der Waals surface area contributed by atoms with Crippen LogP contribution >= 0.6 is 11.3 Å². The van der Waals surface area contributed by atoms with E-state index >= 15 is 0 Å². The molecule has 0 aliphatic heterocycles. The third kappa shape index (κ3) is 5.91. The Morgan fingerprint density at radius 2 is 1.94 bits per heavy atom. The number of carboxylic acids is 1. The van der Waals surface area contributed by atoms with Gasteiger partial charge in [-0.25, -0.2) is 0 Å². The van der Waals surface area contributed by atoms with Gasteiger partial charge in [-0.1, -0.05) is 49.4 Å². The summed E-state index contributed by atoms with van der Waals surface area (Å²) < 4.78 is 48.2. The molecule has 9 heteroatoms. The van der Waals surface area contributed by atoms with E-state index in [4.69, 9.17) is 9.84 Å². The Hall–Kier alpha value is -2.91. The van der Waals surface area contributed by atoms with Crippen molar-refractivity contribution in [2.45, 2.75) is 44.1 Å². The van der Waals surface area contributed by atoms with Gasteiger partial charge in [0.05, 0.1) is 17.4 Å². The Kier molecular flexibility index (Phi) is 7.76. The molecule has 1 aromatic heterocycles. The first-order valence-electron chi connectivity index (χ1n) is 10.4. The van der Waals surface area contributed by atoms with Crippen molar-refractivity contribution in [2.24, 2.45) is 0 Å². The van der Waals surface area contributed by atoms with Crippen molar-refractivity contribution in [3.8, 4) is 0 Å². The van der Waals surface area contributed by atoms with Gasteiger partial charge in [-0.3, -0.25) is 9.59 Å². The Morgan fingerprint density at radius 3 is 2.52 bits per heavy atom. The number of carboxylic acid groups (broad SMARTS) is 1. The molecule has 1 aliphatic carbocycles. The highest BCUT2D eigenvalue weighted by Crippen LogP contribution is 2.46. The van der Waals surface area contributed by atoms with E-state index < -0.39 is 29.8 Å². The summed E-state index contributed by atoms with van der Waals surface area (Å²) >= 11 is 1.04. The fourth-order valence-corrected chi connectivity index (χ4v) is 4.48. The van der Waals surface area contributed by atoms with Crippen molar-refractivity contribution >= 4 is 28.8 Å². The van der Waals surface area contributed by atoms with Crippen LogP contribution in [0.1, 0.15) is 52.4 Å². The van der Waals surface area contributed by atoms with Gasteiger partial charge in [-0.15, -0.1) is 11.3 Å². The summed E-state index contributed by atoms with van der Waals surface area (Å²) in [5.41, 5.74) is -0.947. The van der Waals surface area contributed by atoms with Crippen molar-refractivity contribution in [1.82, 2.24) is 5.32 Å². The number of thiophene rings is 1. The van der Waals surface area contributed by atoms with Gasteiger partial charge < -0.3 is 15.2 Å². The molecule has 0 unspecified atom stereocenters. The van der Waals surface area contributed by atoms with Gasteiger partial charge in [0.1, 0.15) is 0 Å². The fraction of sp³-hybridized carbons (Fsp3) is 0.333. The number of hydrogen-bond donors (Lipinski definition) is 2. The highest BCUT2D eigenvalue weighted by molar-refractivity contribution is 7.14. The van der Waals surface area contributed by atoms with E-state index in [2.05, 4.69) is 5.32 Å². The van der Waals surface area contributed by atoms with Gasteiger partial charge >= 0.3 is 12.1 Å². The predicted octanol–water partition coefficient (Wildman–Crippen LogP) is 5.76. The second-order valence-electron chi connectivity index (χ2n) is 7.57. The summed E-state index contributed by atoms with van der Waals surface area (Å²) in [7, 11) is 0. The minimum Gasteiger partial charge on any atom is -0.481 e. The number of benzene rings is 1. The quantitative estimate of drug-likeness (QED) is 0.479. The average Bonchev–Trinajstić information content (AvgIpc) is 3.28. The van der Waals surface area contributed by atoms with E-state index in [-0.39, 0.29) is 30.7 Å². The fourth-order valence-electron chi connectivity index (χ4n) is 3.45. The van der Waals surface area contributed by atoms with Crippen molar-refractivity contribution in [1.29, 1.82) is 0 Å². The minimum atomic E-state index is -4.63. The predicted molar refractivity (Wildman–Crippen MR) is 120 cm³/mol. The van der Waals surface area contributed by atoms with E-state index in [1.807, 2.05) is 30.3 Å². The topological polar surface area (TPSA) is 75.6 Å². The molecule has 0 saturated heterocycles. The van der Waals surface area contributed by atoms with E-state index in [9.17, 15) is 22.8 Å². The van der Waals surface area contributed by atoms with E-state index in [1.165, 1.54) is 18.2 Å². The molecule has 2 N–H and O–H groups in total. The molecule has 5 nitrogen and oxygen atoms in total. The van der Waals surface area contributed by atoms with Gasteiger partial charge in [0.15, 0.2) is 5.60 Å². The van der Waals surface area contributed by atoms with Gasteiger partial charge in [0.2, 0.25) is 0 Å². The summed E-state index contributed by atoms with van der Waals surface area (Å²) in [4.78, 5) is 23.6. The maximum atomic E-state index is 14.2. The van der Waals surface area contributed by atoms with Gasteiger partial charge in [-0.05, 0) is 35.8 Å². The zero-order valence-electron chi connectivity index (χ0n) is 17.9. The lowest BCUT2D eigenvalue weighted by Gasteiger charge is -2.37. The Labute approximate surface area is 193 Å². The highest BCUT2D eigenvalue weighted by atomic mass is 32.1. The SMILES string of the molecule is CC[C@@H](O[C@]1(C(F)(F)F)C=CC(c2ccccc2)=CC1)c1ccc(C(=O)NCCC(=O)O)s1. The second-order valence-corrected chi connectivity index (χ2v) is 8.68. The molecular weight excluding hydrogens is 455 g/mol. The van der Waals surface area contributed by atoms with Crippen molar-refractivity contribution < 1.29 is 32.6 Å². The largest absolute Gasteiger partial charge is 0.481 e. The summed E-state index contributed by atoms with van der Waals surface area (Å²) in [5.74, 6) is -1.51. The monoisotopic (exact) mass is 479 g/mol. The van der Waals surface area contributed by atoms with Crippen LogP contribution in [0.3, 0.4) is 0 Å². The smallest absolute Gasteiger partial charge is 0.421 e. The molecule has 2 atom stereocenters. The first-order valence-corrected chi connectivity index (χ1v) is 11.3. The number of halogens is 3. The standard InChI is InChI=1S/C24H24F3NO4S/c1-2-18(19-8-9-20(33-19)22(31)28-15-12-21(29)30)32-23(24(25,26)27)13-10-17(11-14-23)16-6-4-3-5-7-16/h3-11,13,18H,2,12,14-15H2,1H3,(H,28,31)(H,29,30)/t18-,23-/m1/s1. The van der Waals surface area contributed by atoms with Crippen LogP contribution < -0.4 is 5.32 Å². The zero-order chi connectivity index (χ0) is 24.1. The molecule has 1 amide bonds. The molecule has 176 valence electrons. The molecule has 0 saturated carbocycles. The lowest BCUT2D eigenvalue weighted by molar-refractivity contribution is -0.271. The number of ether oxygens (including phenoxy) is 1. The van der Waals surface area contributed by atoms with Crippen LogP contribution in [0.25, 0.3) is 5.57 Å². The van der Waals surface area contributed by atoms with Crippen LogP contribution in [0.4, 0.5) is 13.2 Å². The van der Waals surface area contributed by atoms with Crippen LogP contribution in [-0.2, 0) is 9.53 Å². The van der Waals surface area contributed by atoms with Crippen LogP contribution in [0, 0.1) is 0 Å². The number of nitrogens with one attached hydrogen (secondary N) is 1. The van der Waals surface area contributed by atoms with Crippen LogP contribution in [0.2, 0.25) is 0 Å². The van der Waals surface area contributed by atoms with Gasteiger partial charge in [0.25, 0.3) is 5.91 Å². The number of carbonyl (C=O) groups is 2. The second kappa shape index (κ2) is 10.4. The maximum absolute atomic E-state index is 14.2. The summed E-state index contributed by atoms with van der Waals surface area (Å²) in [6, 6.07) is 12.2. The molecule has 33 heavy (non-hydrogen) atoms. The van der Waals surface area contributed by atoms with Crippen molar-refractivity contribution in [3.63, 3.8) is 0 Å². The number of carbonyl (C=O) groups excluding carboxylic acids is 1. The van der Waals surface area contributed by atoms with Gasteiger partial charge in [0, 0.05) is 17.8 Å². The first kappa shape index (κ1) is 24.7. The Balaban J connectivity index is 1.76.